The molecule has 8 heteroatoms. The molecular weight excluding hydrogens is 286 g/mol. The first kappa shape index (κ1) is 16.3. The van der Waals surface area contributed by atoms with Crippen LogP contribution in [0.1, 0.15) is 38.4 Å². The zero-order valence-corrected chi connectivity index (χ0v) is 13.2. The standard InChI is InChI=1S/C14H23N5O3/c1-14(2,3)22-13(21)16-7-5-11(20)17-12-9-8-15-6-4-10(9)18-19-12/h15H,4-8H2,1-3H3,(H,16,21)(H2,17,18,19,20). The first-order chi connectivity index (χ1) is 10.3. The molecule has 1 aliphatic heterocycles. The largest absolute Gasteiger partial charge is 0.444 e. The number of hydrogen-bond acceptors (Lipinski definition) is 5. The molecule has 4 N–H and O–H groups in total. The zero-order chi connectivity index (χ0) is 16.2. The maximum atomic E-state index is 11.9. The number of fused-ring (bicyclic) bond motifs is 1. The van der Waals surface area contributed by atoms with E-state index in [1.807, 2.05) is 0 Å². The second-order valence-corrected chi connectivity index (χ2v) is 6.18. The Morgan fingerprint density at radius 2 is 2.14 bits per heavy atom. The normalized spacial score (nSPS) is 14.1. The molecule has 1 aromatic heterocycles. The van der Waals surface area contributed by atoms with E-state index in [4.69, 9.17) is 4.74 Å². The van der Waals surface area contributed by atoms with Crippen LogP contribution in [0.4, 0.5) is 10.6 Å². The summed E-state index contributed by atoms with van der Waals surface area (Å²) in [6.07, 6.45) is 0.508. The lowest BCUT2D eigenvalue weighted by Gasteiger charge is -2.19. The van der Waals surface area contributed by atoms with Crippen LogP contribution in [-0.2, 0) is 22.5 Å². The molecule has 0 spiro atoms. The monoisotopic (exact) mass is 309 g/mol. The Balaban J connectivity index is 1.74. The van der Waals surface area contributed by atoms with Gasteiger partial charge < -0.3 is 20.7 Å². The zero-order valence-electron chi connectivity index (χ0n) is 13.2. The average molecular weight is 309 g/mol. The van der Waals surface area contributed by atoms with Crippen LogP contribution < -0.4 is 16.0 Å². The van der Waals surface area contributed by atoms with E-state index in [2.05, 4.69) is 26.1 Å². The van der Waals surface area contributed by atoms with Gasteiger partial charge in [0.25, 0.3) is 0 Å². The van der Waals surface area contributed by atoms with E-state index in [0.29, 0.717) is 12.4 Å². The Morgan fingerprint density at radius 3 is 2.86 bits per heavy atom. The molecular formula is C14H23N5O3. The highest BCUT2D eigenvalue weighted by molar-refractivity contribution is 5.90. The van der Waals surface area contributed by atoms with Crippen molar-refractivity contribution in [1.29, 1.82) is 0 Å². The number of hydrogen-bond donors (Lipinski definition) is 4. The quantitative estimate of drug-likeness (QED) is 0.661. The summed E-state index contributed by atoms with van der Waals surface area (Å²) < 4.78 is 5.09. The Bertz CT molecular complexity index is 547. The van der Waals surface area contributed by atoms with E-state index in [1.54, 1.807) is 20.8 Å². The molecule has 0 bridgehead atoms. The van der Waals surface area contributed by atoms with E-state index in [0.717, 1.165) is 24.2 Å². The first-order valence-corrected chi connectivity index (χ1v) is 7.39. The van der Waals surface area contributed by atoms with Crippen LogP contribution in [-0.4, -0.2) is 40.9 Å². The van der Waals surface area contributed by atoms with Crippen molar-refractivity contribution in [2.24, 2.45) is 0 Å². The predicted octanol–water partition coefficient (Wildman–Crippen LogP) is 0.909. The molecule has 0 atom stereocenters. The molecule has 2 heterocycles. The van der Waals surface area contributed by atoms with Gasteiger partial charge in [0.2, 0.25) is 5.91 Å². The van der Waals surface area contributed by atoms with E-state index in [9.17, 15) is 9.59 Å². The molecule has 122 valence electrons. The van der Waals surface area contributed by atoms with E-state index in [1.165, 1.54) is 0 Å². The van der Waals surface area contributed by atoms with Crippen LogP contribution >= 0.6 is 0 Å². The van der Waals surface area contributed by atoms with Crippen molar-refractivity contribution in [3.8, 4) is 0 Å². The number of nitrogens with one attached hydrogen (secondary N) is 4. The highest BCUT2D eigenvalue weighted by Crippen LogP contribution is 2.19. The topological polar surface area (TPSA) is 108 Å². The number of rotatable bonds is 4. The number of aromatic nitrogens is 2. The highest BCUT2D eigenvalue weighted by atomic mass is 16.6. The minimum atomic E-state index is -0.548. The number of carbonyl (C=O) groups is 2. The molecule has 0 saturated heterocycles. The minimum absolute atomic E-state index is 0.161. The lowest BCUT2D eigenvalue weighted by atomic mass is 10.1. The van der Waals surface area contributed by atoms with Gasteiger partial charge in [-0.2, -0.15) is 5.10 Å². The van der Waals surface area contributed by atoms with Crippen molar-refractivity contribution < 1.29 is 14.3 Å². The summed E-state index contributed by atoms with van der Waals surface area (Å²) >= 11 is 0. The minimum Gasteiger partial charge on any atom is -0.444 e. The lowest BCUT2D eigenvalue weighted by Crippen LogP contribution is -2.34. The molecule has 0 aliphatic carbocycles. The summed E-state index contributed by atoms with van der Waals surface area (Å²) in [6.45, 7) is 7.17. The number of H-pyrrole nitrogens is 1. The van der Waals surface area contributed by atoms with E-state index < -0.39 is 11.7 Å². The van der Waals surface area contributed by atoms with Gasteiger partial charge in [-0.05, 0) is 20.8 Å². The van der Waals surface area contributed by atoms with E-state index >= 15 is 0 Å². The van der Waals surface area contributed by atoms with Gasteiger partial charge in [0.15, 0.2) is 5.82 Å². The maximum Gasteiger partial charge on any atom is 0.407 e. The molecule has 22 heavy (non-hydrogen) atoms. The average Bonchev–Trinajstić information content (AvgIpc) is 2.80. The van der Waals surface area contributed by atoms with Crippen molar-refractivity contribution in [3.63, 3.8) is 0 Å². The third-order valence-electron chi connectivity index (χ3n) is 3.08. The fourth-order valence-corrected chi connectivity index (χ4v) is 2.12. The Kier molecular flexibility index (Phi) is 5.02. The summed E-state index contributed by atoms with van der Waals surface area (Å²) in [7, 11) is 0. The summed E-state index contributed by atoms with van der Waals surface area (Å²) in [5, 5.41) is 15.6. The highest BCUT2D eigenvalue weighted by Gasteiger charge is 2.18. The van der Waals surface area contributed by atoms with Crippen LogP contribution in [0, 0.1) is 0 Å². The van der Waals surface area contributed by atoms with Gasteiger partial charge in [0.1, 0.15) is 5.60 Å². The molecule has 8 nitrogen and oxygen atoms in total. The second kappa shape index (κ2) is 6.78. The third-order valence-corrected chi connectivity index (χ3v) is 3.08. The number of alkyl carbamates (subject to hydrolysis) is 1. The molecule has 0 saturated carbocycles. The van der Waals surface area contributed by atoms with Gasteiger partial charge in [-0.1, -0.05) is 0 Å². The Morgan fingerprint density at radius 1 is 1.36 bits per heavy atom. The number of nitrogens with zero attached hydrogens (tertiary/aromatic N) is 1. The number of aromatic amines is 1. The number of anilines is 1. The molecule has 1 aliphatic rings. The Labute approximate surface area is 129 Å². The van der Waals surface area contributed by atoms with Crippen molar-refractivity contribution >= 4 is 17.8 Å². The van der Waals surface area contributed by atoms with Crippen molar-refractivity contribution in [2.75, 3.05) is 18.4 Å². The molecule has 0 aromatic carbocycles. The Hall–Kier alpha value is -2.09. The van der Waals surface area contributed by atoms with E-state index in [-0.39, 0.29) is 18.9 Å². The molecule has 0 fully saturated rings. The van der Waals surface area contributed by atoms with Gasteiger partial charge in [0, 0.05) is 43.7 Å². The van der Waals surface area contributed by atoms with Gasteiger partial charge in [-0.15, -0.1) is 0 Å². The number of carbonyl (C=O) groups excluding carboxylic acids is 2. The van der Waals surface area contributed by atoms with Crippen LogP contribution in [0.5, 0.6) is 0 Å². The molecule has 0 radical (unpaired) electrons. The van der Waals surface area contributed by atoms with Gasteiger partial charge >= 0.3 is 6.09 Å². The summed E-state index contributed by atoms with van der Waals surface area (Å²) in [4.78, 5) is 23.3. The molecule has 0 unspecified atom stereocenters. The predicted molar refractivity (Wildman–Crippen MR) is 81.5 cm³/mol. The van der Waals surface area contributed by atoms with Crippen molar-refractivity contribution in [1.82, 2.24) is 20.8 Å². The fourth-order valence-electron chi connectivity index (χ4n) is 2.12. The molecule has 2 rings (SSSR count). The first-order valence-electron chi connectivity index (χ1n) is 7.39. The van der Waals surface area contributed by atoms with Crippen LogP contribution in [0.3, 0.4) is 0 Å². The van der Waals surface area contributed by atoms with Gasteiger partial charge in [-0.3, -0.25) is 9.89 Å². The number of amides is 2. The van der Waals surface area contributed by atoms with Gasteiger partial charge in [-0.25, -0.2) is 4.79 Å². The van der Waals surface area contributed by atoms with Crippen molar-refractivity contribution in [2.45, 2.75) is 45.8 Å². The summed E-state index contributed by atoms with van der Waals surface area (Å²) in [5.41, 5.74) is 1.51. The third kappa shape index (κ3) is 4.73. The van der Waals surface area contributed by atoms with Crippen LogP contribution in [0.25, 0.3) is 0 Å². The maximum absolute atomic E-state index is 11.9. The SMILES string of the molecule is CC(C)(C)OC(=O)NCCC(=O)Nc1n[nH]c2c1CNCC2. The number of ether oxygens (including phenoxy) is 1. The molecule has 2 amide bonds. The second-order valence-electron chi connectivity index (χ2n) is 6.18. The fraction of sp³-hybridized carbons (Fsp3) is 0.643. The van der Waals surface area contributed by atoms with Gasteiger partial charge in [0.05, 0.1) is 0 Å². The molecule has 1 aromatic rings. The van der Waals surface area contributed by atoms with Crippen molar-refractivity contribution in [3.05, 3.63) is 11.3 Å². The summed E-state index contributed by atoms with van der Waals surface area (Å²) in [6, 6.07) is 0. The smallest absolute Gasteiger partial charge is 0.407 e. The van der Waals surface area contributed by atoms with Crippen LogP contribution in [0.2, 0.25) is 0 Å². The lowest BCUT2D eigenvalue weighted by molar-refractivity contribution is -0.116. The summed E-state index contributed by atoms with van der Waals surface area (Å²) in [5.74, 6) is 0.361. The van der Waals surface area contributed by atoms with Crippen LogP contribution in [0.15, 0.2) is 0 Å².